The van der Waals surface area contributed by atoms with Gasteiger partial charge in [0.25, 0.3) is 0 Å². The molecule has 8 heteroatoms. The average Bonchev–Trinajstić information content (AvgIpc) is 3.13. The quantitative estimate of drug-likeness (QED) is 0.903. The van der Waals surface area contributed by atoms with Crippen LogP contribution in [-0.4, -0.2) is 30.5 Å². The molecule has 0 spiro atoms. The summed E-state index contributed by atoms with van der Waals surface area (Å²) in [5, 5.41) is 5.68. The molecule has 1 aliphatic heterocycles. The number of carbonyl (C=O) groups excluding carboxylic acids is 2. The molecule has 1 saturated heterocycles. The van der Waals surface area contributed by atoms with E-state index in [2.05, 4.69) is 10.3 Å². The number of nitrogens with one attached hydrogen (secondary N) is 1. The highest BCUT2D eigenvalue weighted by Crippen LogP contribution is 2.35. The van der Waals surface area contributed by atoms with Gasteiger partial charge in [0, 0.05) is 23.4 Å². The first kappa shape index (κ1) is 16.7. The van der Waals surface area contributed by atoms with Gasteiger partial charge in [-0.1, -0.05) is 11.6 Å². The fourth-order valence-electron chi connectivity index (χ4n) is 2.61. The highest BCUT2D eigenvalue weighted by molar-refractivity contribution is 7.13. The third-order valence-electron chi connectivity index (χ3n) is 3.78. The summed E-state index contributed by atoms with van der Waals surface area (Å²) in [4.78, 5) is 30.5. The van der Waals surface area contributed by atoms with E-state index in [0.29, 0.717) is 21.6 Å². The Labute approximate surface area is 148 Å². The fourth-order valence-corrected chi connectivity index (χ4v) is 3.47. The average molecular weight is 366 g/mol. The van der Waals surface area contributed by atoms with E-state index in [9.17, 15) is 9.59 Å². The molecule has 1 N–H and O–H groups in total. The maximum Gasteiger partial charge on any atom is 0.231 e. The van der Waals surface area contributed by atoms with Crippen LogP contribution in [0.4, 0.5) is 10.8 Å². The van der Waals surface area contributed by atoms with Crippen LogP contribution in [0.5, 0.6) is 5.75 Å². The number of hydrogen-bond donors (Lipinski definition) is 1. The van der Waals surface area contributed by atoms with Gasteiger partial charge in [0.05, 0.1) is 24.4 Å². The standard InChI is InChI=1S/C16H16ClN3O3S/c1-9-8-24-16(18-9)19-15(22)10-5-14(21)20(7-10)12-6-11(17)3-4-13(12)23-2/h3-4,6,8,10H,5,7H2,1-2H3,(H,18,19,22)/t10-/m1/s1. The Balaban J connectivity index is 1.76. The van der Waals surface area contributed by atoms with Crippen LogP contribution >= 0.6 is 22.9 Å². The van der Waals surface area contributed by atoms with Gasteiger partial charge in [-0.15, -0.1) is 11.3 Å². The molecule has 0 aliphatic carbocycles. The molecule has 0 unspecified atom stereocenters. The molecule has 126 valence electrons. The first-order valence-corrected chi connectivity index (χ1v) is 8.60. The number of carbonyl (C=O) groups is 2. The van der Waals surface area contributed by atoms with Crippen molar-refractivity contribution in [3.05, 3.63) is 34.3 Å². The van der Waals surface area contributed by atoms with Gasteiger partial charge in [-0.25, -0.2) is 4.98 Å². The van der Waals surface area contributed by atoms with Crippen molar-refractivity contribution >= 4 is 45.6 Å². The Bertz CT molecular complexity index is 793. The summed E-state index contributed by atoms with van der Waals surface area (Å²) in [6.07, 6.45) is 0.145. The minimum atomic E-state index is -0.439. The molecule has 1 aromatic carbocycles. The van der Waals surface area contributed by atoms with E-state index in [4.69, 9.17) is 16.3 Å². The Kier molecular flexibility index (Phi) is 4.73. The molecule has 0 saturated carbocycles. The van der Waals surface area contributed by atoms with Crippen molar-refractivity contribution in [3.63, 3.8) is 0 Å². The zero-order chi connectivity index (χ0) is 17.3. The lowest BCUT2D eigenvalue weighted by Crippen LogP contribution is -2.28. The van der Waals surface area contributed by atoms with Gasteiger partial charge >= 0.3 is 0 Å². The fraction of sp³-hybridized carbons (Fsp3) is 0.312. The zero-order valence-electron chi connectivity index (χ0n) is 13.2. The molecule has 1 fully saturated rings. The largest absolute Gasteiger partial charge is 0.495 e. The lowest BCUT2D eigenvalue weighted by atomic mass is 10.1. The molecular formula is C16H16ClN3O3S. The first-order valence-electron chi connectivity index (χ1n) is 7.35. The molecule has 0 radical (unpaired) electrons. The summed E-state index contributed by atoms with van der Waals surface area (Å²) in [6.45, 7) is 2.14. The van der Waals surface area contributed by atoms with E-state index < -0.39 is 5.92 Å². The molecule has 2 amide bonds. The third kappa shape index (κ3) is 3.37. The van der Waals surface area contributed by atoms with E-state index in [1.165, 1.54) is 18.4 Å². The number of ether oxygens (including phenoxy) is 1. The van der Waals surface area contributed by atoms with Crippen molar-refractivity contribution in [3.8, 4) is 5.75 Å². The number of anilines is 2. The number of hydrogen-bond acceptors (Lipinski definition) is 5. The monoisotopic (exact) mass is 365 g/mol. The molecule has 6 nitrogen and oxygen atoms in total. The second-order valence-electron chi connectivity index (χ2n) is 5.50. The smallest absolute Gasteiger partial charge is 0.231 e. The molecule has 3 rings (SSSR count). The Morgan fingerprint density at radius 3 is 2.96 bits per heavy atom. The van der Waals surface area contributed by atoms with Crippen molar-refractivity contribution in [1.82, 2.24) is 4.98 Å². The highest BCUT2D eigenvalue weighted by atomic mass is 35.5. The minimum Gasteiger partial charge on any atom is -0.495 e. The van der Waals surface area contributed by atoms with Crippen molar-refractivity contribution in [1.29, 1.82) is 0 Å². The van der Waals surface area contributed by atoms with Gasteiger partial charge in [0.1, 0.15) is 5.75 Å². The Morgan fingerprint density at radius 1 is 1.50 bits per heavy atom. The van der Waals surface area contributed by atoms with Gasteiger partial charge in [-0.3, -0.25) is 9.59 Å². The number of amides is 2. The normalized spacial score (nSPS) is 17.2. The summed E-state index contributed by atoms with van der Waals surface area (Å²) in [5.41, 5.74) is 1.43. The van der Waals surface area contributed by atoms with E-state index in [1.54, 1.807) is 23.1 Å². The minimum absolute atomic E-state index is 0.133. The van der Waals surface area contributed by atoms with Crippen molar-refractivity contribution in [2.45, 2.75) is 13.3 Å². The molecule has 1 atom stereocenters. The van der Waals surface area contributed by atoms with Gasteiger partial charge in [-0.2, -0.15) is 0 Å². The van der Waals surface area contributed by atoms with E-state index >= 15 is 0 Å². The van der Waals surface area contributed by atoms with Crippen LogP contribution in [0.2, 0.25) is 5.02 Å². The maximum atomic E-state index is 12.4. The number of halogens is 1. The van der Waals surface area contributed by atoms with Crippen LogP contribution in [0.15, 0.2) is 23.6 Å². The lowest BCUT2D eigenvalue weighted by molar-refractivity contribution is -0.122. The molecule has 0 bridgehead atoms. The van der Waals surface area contributed by atoms with Crippen LogP contribution in [0.3, 0.4) is 0 Å². The summed E-state index contributed by atoms with van der Waals surface area (Å²) in [6, 6.07) is 5.07. The number of methoxy groups -OCH3 is 1. The first-order chi connectivity index (χ1) is 11.5. The van der Waals surface area contributed by atoms with E-state index in [0.717, 1.165) is 5.69 Å². The Morgan fingerprint density at radius 2 is 2.29 bits per heavy atom. The van der Waals surface area contributed by atoms with Crippen molar-refractivity contribution in [2.75, 3.05) is 23.9 Å². The summed E-state index contributed by atoms with van der Waals surface area (Å²) in [5.74, 6) is -0.234. The Hall–Kier alpha value is -2.12. The molecule has 1 aromatic heterocycles. The molecule has 1 aliphatic rings. The predicted octanol–water partition coefficient (Wildman–Crippen LogP) is 3.11. The van der Waals surface area contributed by atoms with Crippen LogP contribution in [0.1, 0.15) is 12.1 Å². The molecular weight excluding hydrogens is 350 g/mol. The zero-order valence-corrected chi connectivity index (χ0v) is 14.8. The molecule has 24 heavy (non-hydrogen) atoms. The summed E-state index contributed by atoms with van der Waals surface area (Å²) >= 11 is 7.39. The van der Waals surface area contributed by atoms with Gasteiger partial charge in [0.15, 0.2) is 5.13 Å². The second-order valence-corrected chi connectivity index (χ2v) is 6.80. The van der Waals surface area contributed by atoms with Gasteiger partial charge < -0.3 is 15.0 Å². The number of benzene rings is 1. The summed E-state index contributed by atoms with van der Waals surface area (Å²) < 4.78 is 5.29. The van der Waals surface area contributed by atoms with Crippen LogP contribution in [0, 0.1) is 12.8 Å². The van der Waals surface area contributed by atoms with Crippen molar-refractivity contribution < 1.29 is 14.3 Å². The van der Waals surface area contributed by atoms with E-state index in [1.807, 2.05) is 12.3 Å². The number of thiazole rings is 1. The second kappa shape index (κ2) is 6.78. The summed E-state index contributed by atoms with van der Waals surface area (Å²) in [7, 11) is 1.53. The number of aryl methyl sites for hydroxylation is 1. The number of nitrogens with zero attached hydrogens (tertiary/aromatic N) is 2. The number of aromatic nitrogens is 1. The molecule has 2 heterocycles. The van der Waals surface area contributed by atoms with Crippen LogP contribution in [0.25, 0.3) is 0 Å². The maximum absolute atomic E-state index is 12.4. The SMILES string of the molecule is COc1ccc(Cl)cc1N1C[C@H](C(=O)Nc2nc(C)cs2)CC1=O. The highest BCUT2D eigenvalue weighted by Gasteiger charge is 2.36. The van der Waals surface area contributed by atoms with E-state index in [-0.39, 0.29) is 24.8 Å². The van der Waals surface area contributed by atoms with Crippen LogP contribution in [-0.2, 0) is 9.59 Å². The predicted molar refractivity (Wildman–Crippen MR) is 93.9 cm³/mol. The van der Waals surface area contributed by atoms with Gasteiger partial charge in [-0.05, 0) is 25.1 Å². The van der Waals surface area contributed by atoms with Gasteiger partial charge in [0.2, 0.25) is 11.8 Å². The lowest BCUT2D eigenvalue weighted by Gasteiger charge is -2.19. The molecule has 2 aromatic rings. The van der Waals surface area contributed by atoms with Crippen LogP contribution < -0.4 is 15.0 Å². The van der Waals surface area contributed by atoms with Crippen molar-refractivity contribution in [2.24, 2.45) is 5.92 Å². The topological polar surface area (TPSA) is 71.5 Å². The number of rotatable bonds is 4. The third-order valence-corrected chi connectivity index (χ3v) is 4.89.